The van der Waals surface area contributed by atoms with Crippen LogP contribution in [0.15, 0.2) is 47.6 Å². The minimum absolute atomic E-state index is 0.0491. The first kappa shape index (κ1) is 11.7. The maximum Gasteiger partial charge on any atom is 0.241 e. The molecule has 1 heterocycles. The number of hydrogen-bond acceptors (Lipinski definition) is 3. The number of nitrogens with one attached hydrogen (secondary N) is 2. The highest BCUT2D eigenvalue weighted by molar-refractivity contribution is 7.89. The van der Waals surface area contributed by atoms with Crippen molar-refractivity contribution in [1.82, 2.24) is 9.71 Å². The Bertz CT molecular complexity index is 591. The molecule has 90 valence electrons. The third-order valence-electron chi connectivity index (χ3n) is 2.26. The molecule has 17 heavy (non-hydrogen) atoms. The van der Waals surface area contributed by atoms with Crippen molar-refractivity contribution in [2.45, 2.75) is 11.4 Å². The maximum absolute atomic E-state index is 11.8. The average molecular weight is 252 g/mol. The number of aromatic amines is 1. The first-order valence-electron chi connectivity index (χ1n) is 4.98. The molecule has 0 amide bonds. The molecular weight excluding hydrogens is 240 g/mol. The topological polar surface area (TPSA) is 82.2 Å². The number of aromatic hydroxyl groups is 1. The van der Waals surface area contributed by atoms with E-state index >= 15 is 0 Å². The van der Waals surface area contributed by atoms with Crippen LogP contribution >= 0.6 is 0 Å². The fraction of sp³-hybridized carbons (Fsp3) is 0.0909. The van der Waals surface area contributed by atoms with Gasteiger partial charge in [0.2, 0.25) is 10.0 Å². The van der Waals surface area contributed by atoms with E-state index in [9.17, 15) is 13.5 Å². The second-order valence-electron chi connectivity index (χ2n) is 3.54. The summed E-state index contributed by atoms with van der Waals surface area (Å²) >= 11 is 0. The number of H-pyrrole nitrogens is 1. The van der Waals surface area contributed by atoms with E-state index in [1.165, 1.54) is 24.3 Å². The quantitative estimate of drug-likeness (QED) is 0.764. The van der Waals surface area contributed by atoms with E-state index in [4.69, 9.17) is 0 Å². The Morgan fingerprint density at radius 3 is 2.76 bits per heavy atom. The Kier molecular flexibility index (Phi) is 3.16. The van der Waals surface area contributed by atoms with Gasteiger partial charge in [0.1, 0.15) is 5.75 Å². The summed E-state index contributed by atoms with van der Waals surface area (Å²) in [6.07, 6.45) is 3.43. The molecule has 1 aromatic carbocycles. The van der Waals surface area contributed by atoms with Crippen LogP contribution in [0.4, 0.5) is 0 Å². The number of phenols is 1. The van der Waals surface area contributed by atoms with E-state index in [-0.39, 0.29) is 17.2 Å². The van der Waals surface area contributed by atoms with Gasteiger partial charge in [-0.05, 0) is 29.8 Å². The molecule has 0 fully saturated rings. The number of benzene rings is 1. The fourth-order valence-electron chi connectivity index (χ4n) is 1.38. The molecule has 3 N–H and O–H groups in total. The zero-order chi connectivity index (χ0) is 12.3. The lowest BCUT2D eigenvalue weighted by Crippen LogP contribution is -2.22. The van der Waals surface area contributed by atoms with E-state index in [0.29, 0.717) is 0 Å². The Morgan fingerprint density at radius 1 is 1.29 bits per heavy atom. The van der Waals surface area contributed by atoms with E-state index in [0.717, 1.165) is 5.56 Å². The normalized spacial score (nSPS) is 11.5. The molecule has 2 rings (SSSR count). The van der Waals surface area contributed by atoms with E-state index in [1.807, 2.05) is 0 Å². The molecule has 0 atom stereocenters. The zero-order valence-corrected chi connectivity index (χ0v) is 9.74. The first-order chi connectivity index (χ1) is 8.08. The predicted octanol–water partition coefficient (Wildman–Crippen LogP) is 1.20. The average Bonchev–Trinajstić information content (AvgIpc) is 2.79. The molecule has 5 nitrogen and oxygen atoms in total. The van der Waals surface area contributed by atoms with Crippen LogP contribution in [0.5, 0.6) is 5.75 Å². The molecule has 0 radical (unpaired) electrons. The van der Waals surface area contributed by atoms with Crippen LogP contribution in [0.3, 0.4) is 0 Å². The number of rotatable bonds is 4. The van der Waals surface area contributed by atoms with E-state index in [1.54, 1.807) is 18.5 Å². The third-order valence-corrected chi connectivity index (χ3v) is 3.66. The van der Waals surface area contributed by atoms with Gasteiger partial charge in [0.15, 0.2) is 0 Å². The number of hydrogen-bond donors (Lipinski definition) is 3. The smallest absolute Gasteiger partial charge is 0.241 e. The lowest BCUT2D eigenvalue weighted by Gasteiger charge is -2.05. The third kappa shape index (κ3) is 2.86. The molecule has 0 aliphatic carbocycles. The van der Waals surface area contributed by atoms with Crippen molar-refractivity contribution >= 4 is 10.0 Å². The molecule has 0 unspecified atom stereocenters. The van der Waals surface area contributed by atoms with Gasteiger partial charge in [-0.2, -0.15) is 0 Å². The highest BCUT2D eigenvalue weighted by Crippen LogP contribution is 2.15. The molecule has 2 aromatic rings. The van der Waals surface area contributed by atoms with Gasteiger partial charge in [0.05, 0.1) is 4.90 Å². The summed E-state index contributed by atoms with van der Waals surface area (Å²) in [5, 5.41) is 9.23. The van der Waals surface area contributed by atoms with Crippen LogP contribution < -0.4 is 4.72 Å². The fourth-order valence-corrected chi connectivity index (χ4v) is 2.44. The van der Waals surface area contributed by atoms with Gasteiger partial charge in [-0.1, -0.05) is 6.07 Å². The highest BCUT2D eigenvalue weighted by atomic mass is 32.2. The van der Waals surface area contributed by atoms with E-state index < -0.39 is 10.0 Å². The lowest BCUT2D eigenvalue weighted by molar-refractivity contribution is 0.473. The Balaban J connectivity index is 2.14. The molecule has 0 aliphatic heterocycles. The summed E-state index contributed by atoms with van der Waals surface area (Å²) < 4.78 is 26.1. The number of phenolic OH excluding ortho intramolecular Hbond substituents is 1. The van der Waals surface area contributed by atoms with Crippen LogP contribution in [-0.4, -0.2) is 18.5 Å². The highest BCUT2D eigenvalue weighted by Gasteiger charge is 2.13. The SMILES string of the molecule is O=S(=O)(NCc1cc[nH]c1)c1cccc(O)c1. The summed E-state index contributed by atoms with van der Waals surface area (Å²) in [5.41, 5.74) is 0.841. The van der Waals surface area contributed by atoms with Gasteiger partial charge in [0.25, 0.3) is 0 Å². The van der Waals surface area contributed by atoms with Gasteiger partial charge in [0, 0.05) is 18.9 Å². The van der Waals surface area contributed by atoms with Gasteiger partial charge in [-0.15, -0.1) is 0 Å². The number of sulfonamides is 1. The van der Waals surface area contributed by atoms with Crippen molar-refractivity contribution in [3.63, 3.8) is 0 Å². The van der Waals surface area contributed by atoms with Crippen molar-refractivity contribution in [1.29, 1.82) is 0 Å². The van der Waals surface area contributed by atoms with Crippen LogP contribution in [0.1, 0.15) is 5.56 Å². The summed E-state index contributed by atoms with van der Waals surface area (Å²) in [7, 11) is -3.58. The second-order valence-corrected chi connectivity index (χ2v) is 5.31. The van der Waals surface area contributed by atoms with Crippen molar-refractivity contribution in [2.75, 3.05) is 0 Å². The van der Waals surface area contributed by atoms with Crippen LogP contribution in [0.25, 0.3) is 0 Å². The minimum Gasteiger partial charge on any atom is -0.508 e. The van der Waals surface area contributed by atoms with Gasteiger partial charge in [-0.25, -0.2) is 13.1 Å². The van der Waals surface area contributed by atoms with Crippen molar-refractivity contribution in [3.8, 4) is 5.75 Å². The van der Waals surface area contributed by atoms with Gasteiger partial charge in [-0.3, -0.25) is 0 Å². The minimum atomic E-state index is -3.58. The molecule has 1 aromatic heterocycles. The Labute approximate surface area is 99.2 Å². The summed E-state index contributed by atoms with van der Waals surface area (Å²) in [5.74, 6) is -0.0745. The van der Waals surface area contributed by atoms with Crippen LogP contribution in [0, 0.1) is 0 Å². The summed E-state index contributed by atoms with van der Waals surface area (Å²) in [4.78, 5) is 2.89. The van der Waals surface area contributed by atoms with Crippen LogP contribution in [0.2, 0.25) is 0 Å². The maximum atomic E-state index is 11.8. The zero-order valence-electron chi connectivity index (χ0n) is 8.92. The van der Waals surface area contributed by atoms with Crippen molar-refractivity contribution < 1.29 is 13.5 Å². The number of aromatic nitrogens is 1. The molecule has 6 heteroatoms. The molecule has 0 saturated heterocycles. The summed E-state index contributed by atoms with van der Waals surface area (Å²) in [6, 6.07) is 7.33. The van der Waals surface area contributed by atoms with Gasteiger partial charge < -0.3 is 10.1 Å². The standard InChI is InChI=1S/C11H12N2O3S/c14-10-2-1-3-11(6-10)17(15,16)13-8-9-4-5-12-7-9/h1-7,12-14H,8H2. The van der Waals surface area contributed by atoms with Gasteiger partial charge >= 0.3 is 0 Å². The Morgan fingerprint density at radius 2 is 2.12 bits per heavy atom. The molecule has 0 bridgehead atoms. The molecule has 0 spiro atoms. The van der Waals surface area contributed by atoms with Crippen molar-refractivity contribution in [3.05, 3.63) is 48.3 Å². The Hall–Kier alpha value is -1.79. The second kappa shape index (κ2) is 4.60. The van der Waals surface area contributed by atoms with Crippen molar-refractivity contribution in [2.24, 2.45) is 0 Å². The molecule has 0 aliphatic rings. The molecular formula is C11H12N2O3S. The van der Waals surface area contributed by atoms with E-state index in [2.05, 4.69) is 9.71 Å². The largest absolute Gasteiger partial charge is 0.508 e. The monoisotopic (exact) mass is 252 g/mol. The first-order valence-corrected chi connectivity index (χ1v) is 6.46. The lowest BCUT2D eigenvalue weighted by atomic mass is 10.3. The molecule has 0 saturated carbocycles. The predicted molar refractivity (Wildman–Crippen MR) is 62.9 cm³/mol. The summed E-state index contributed by atoms with van der Waals surface area (Å²) in [6.45, 7) is 0.210. The van der Waals surface area contributed by atoms with Crippen LogP contribution in [-0.2, 0) is 16.6 Å².